The van der Waals surface area contributed by atoms with Crippen molar-refractivity contribution >= 4 is 17.2 Å². The average molecular weight is 209 g/mol. The SMILES string of the molecule is NC1(c2cccn3c(Cl)nnc23)CC1. The van der Waals surface area contributed by atoms with E-state index >= 15 is 0 Å². The van der Waals surface area contributed by atoms with Crippen LogP contribution in [-0.2, 0) is 5.54 Å². The zero-order valence-corrected chi connectivity index (χ0v) is 8.20. The number of pyridine rings is 1. The van der Waals surface area contributed by atoms with Crippen LogP contribution < -0.4 is 5.73 Å². The number of hydrogen-bond acceptors (Lipinski definition) is 3. The van der Waals surface area contributed by atoms with E-state index in [0.717, 1.165) is 24.1 Å². The molecule has 4 nitrogen and oxygen atoms in total. The molecule has 0 aliphatic heterocycles. The number of hydrogen-bond donors (Lipinski definition) is 1. The van der Waals surface area contributed by atoms with Crippen LogP contribution in [0.15, 0.2) is 18.3 Å². The van der Waals surface area contributed by atoms with E-state index in [4.69, 9.17) is 17.3 Å². The minimum Gasteiger partial charge on any atom is -0.321 e. The van der Waals surface area contributed by atoms with Gasteiger partial charge in [0.2, 0.25) is 5.28 Å². The van der Waals surface area contributed by atoms with E-state index in [0.29, 0.717) is 5.28 Å². The maximum Gasteiger partial charge on any atom is 0.229 e. The smallest absolute Gasteiger partial charge is 0.229 e. The van der Waals surface area contributed by atoms with Crippen molar-refractivity contribution in [2.24, 2.45) is 5.73 Å². The molecule has 2 aromatic rings. The summed E-state index contributed by atoms with van der Waals surface area (Å²) in [7, 11) is 0. The summed E-state index contributed by atoms with van der Waals surface area (Å²) in [6.45, 7) is 0. The molecule has 0 amide bonds. The van der Waals surface area contributed by atoms with Gasteiger partial charge in [-0.1, -0.05) is 6.07 Å². The Morgan fingerprint density at radius 3 is 2.93 bits per heavy atom. The van der Waals surface area contributed by atoms with Crippen LogP contribution in [0.1, 0.15) is 18.4 Å². The number of nitrogens with two attached hydrogens (primary N) is 1. The Kier molecular flexibility index (Phi) is 1.44. The lowest BCUT2D eigenvalue weighted by molar-refractivity contribution is 0.739. The van der Waals surface area contributed by atoms with E-state index in [1.165, 1.54) is 0 Å². The van der Waals surface area contributed by atoms with Crippen molar-refractivity contribution < 1.29 is 0 Å². The van der Waals surface area contributed by atoms with E-state index in [1.54, 1.807) is 4.40 Å². The third kappa shape index (κ3) is 0.980. The first-order valence-electron chi connectivity index (χ1n) is 4.49. The summed E-state index contributed by atoms with van der Waals surface area (Å²) in [5.41, 5.74) is 7.74. The quantitative estimate of drug-likeness (QED) is 0.769. The van der Waals surface area contributed by atoms with Crippen molar-refractivity contribution in [3.05, 3.63) is 29.2 Å². The first-order valence-corrected chi connectivity index (χ1v) is 4.87. The van der Waals surface area contributed by atoms with Gasteiger partial charge < -0.3 is 5.73 Å². The number of fused-ring (bicyclic) bond motifs is 1. The maximum absolute atomic E-state index is 6.12. The van der Waals surface area contributed by atoms with Gasteiger partial charge in [0.15, 0.2) is 5.65 Å². The third-order valence-corrected chi connectivity index (χ3v) is 2.98. The molecular weight excluding hydrogens is 200 g/mol. The minimum absolute atomic E-state index is 0.196. The summed E-state index contributed by atoms with van der Waals surface area (Å²) in [5.74, 6) is 0. The Balaban J connectivity index is 2.34. The van der Waals surface area contributed by atoms with Crippen molar-refractivity contribution in [1.82, 2.24) is 14.6 Å². The highest BCUT2D eigenvalue weighted by Crippen LogP contribution is 2.43. The largest absolute Gasteiger partial charge is 0.321 e. The molecule has 0 unspecified atom stereocenters. The zero-order chi connectivity index (χ0) is 9.76. The fourth-order valence-electron chi connectivity index (χ4n) is 1.68. The fraction of sp³-hybridized carbons (Fsp3) is 0.333. The molecule has 1 aliphatic carbocycles. The van der Waals surface area contributed by atoms with Gasteiger partial charge in [-0.25, -0.2) is 0 Å². The molecule has 0 radical (unpaired) electrons. The number of rotatable bonds is 1. The lowest BCUT2D eigenvalue weighted by atomic mass is 10.1. The summed E-state index contributed by atoms with van der Waals surface area (Å²) in [5, 5.41) is 8.23. The van der Waals surface area contributed by atoms with E-state index < -0.39 is 0 Å². The molecule has 0 aromatic carbocycles. The Morgan fingerprint density at radius 1 is 1.43 bits per heavy atom. The minimum atomic E-state index is -0.196. The predicted molar refractivity (Wildman–Crippen MR) is 53.1 cm³/mol. The zero-order valence-electron chi connectivity index (χ0n) is 7.44. The molecule has 5 heteroatoms. The monoisotopic (exact) mass is 208 g/mol. The molecule has 1 aliphatic rings. The molecule has 1 fully saturated rings. The Hall–Kier alpha value is -1.13. The van der Waals surface area contributed by atoms with Crippen LogP contribution in [0.3, 0.4) is 0 Å². The summed E-state index contributed by atoms with van der Waals surface area (Å²) in [6, 6.07) is 3.91. The molecule has 0 atom stereocenters. The van der Waals surface area contributed by atoms with Crippen LogP contribution in [-0.4, -0.2) is 14.6 Å². The van der Waals surface area contributed by atoms with Gasteiger partial charge in [-0.15, -0.1) is 10.2 Å². The predicted octanol–water partition coefficient (Wildman–Crippen LogP) is 1.33. The molecule has 72 valence electrons. The molecule has 2 heterocycles. The Labute approximate surface area is 85.7 Å². The standard InChI is InChI=1S/C9H9ClN4/c10-8-13-12-7-6(9(11)3-4-9)2-1-5-14(7)8/h1-2,5H,3-4,11H2. The van der Waals surface area contributed by atoms with Gasteiger partial charge in [0.05, 0.1) is 0 Å². The number of nitrogens with zero attached hydrogens (tertiary/aromatic N) is 3. The average Bonchev–Trinajstić information content (AvgIpc) is 2.83. The van der Waals surface area contributed by atoms with Crippen molar-refractivity contribution in [2.75, 3.05) is 0 Å². The topological polar surface area (TPSA) is 56.2 Å². The summed E-state index contributed by atoms with van der Waals surface area (Å²) >= 11 is 5.86. The van der Waals surface area contributed by atoms with Crippen LogP contribution >= 0.6 is 11.6 Å². The lowest BCUT2D eigenvalue weighted by Crippen LogP contribution is -2.19. The second-order valence-electron chi connectivity index (χ2n) is 3.74. The van der Waals surface area contributed by atoms with Crippen LogP contribution in [0.25, 0.3) is 5.65 Å². The fourth-order valence-corrected chi connectivity index (χ4v) is 1.85. The number of aromatic nitrogens is 3. The molecule has 0 spiro atoms. The molecule has 3 rings (SSSR count). The molecule has 1 saturated carbocycles. The normalized spacial score (nSPS) is 18.7. The van der Waals surface area contributed by atoms with Gasteiger partial charge in [-0.2, -0.15) is 0 Å². The molecule has 2 aromatic heterocycles. The highest BCUT2D eigenvalue weighted by molar-refractivity contribution is 6.28. The van der Waals surface area contributed by atoms with E-state index in [-0.39, 0.29) is 5.54 Å². The van der Waals surface area contributed by atoms with Crippen molar-refractivity contribution in [3.63, 3.8) is 0 Å². The van der Waals surface area contributed by atoms with E-state index in [1.807, 2.05) is 18.3 Å². The second kappa shape index (κ2) is 2.46. The molecule has 14 heavy (non-hydrogen) atoms. The second-order valence-corrected chi connectivity index (χ2v) is 4.08. The van der Waals surface area contributed by atoms with Gasteiger partial charge in [0.1, 0.15) is 0 Å². The Bertz CT molecular complexity index is 500. The summed E-state index contributed by atoms with van der Waals surface area (Å²) < 4.78 is 1.75. The molecular formula is C9H9ClN4. The Morgan fingerprint density at radius 2 is 2.21 bits per heavy atom. The van der Waals surface area contributed by atoms with Crippen molar-refractivity contribution in [1.29, 1.82) is 0 Å². The highest BCUT2D eigenvalue weighted by atomic mass is 35.5. The van der Waals surface area contributed by atoms with Crippen molar-refractivity contribution in [3.8, 4) is 0 Å². The first-order chi connectivity index (χ1) is 6.71. The van der Waals surface area contributed by atoms with Crippen LogP contribution in [0.2, 0.25) is 5.28 Å². The maximum atomic E-state index is 6.12. The molecule has 2 N–H and O–H groups in total. The van der Waals surface area contributed by atoms with Gasteiger partial charge in [0, 0.05) is 17.3 Å². The van der Waals surface area contributed by atoms with Crippen LogP contribution in [0, 0.1) is 0 Å². The van der Waals surface area contributed by atoms with Gasteiger partial charge in [0.25, 0.3) is 0 Å². The highest BCUT2D eigenvalue weighted by Gasteiger charge is 2.42. The number of halogens is 1. The molecule has 0 saturated heterocycles. The van der Waals surface area contributed by atoms with E-state index in [2.05, 4.69) is 10.2 Å². The van der Waals surface area contributed by atoms with Crippen LogP contribution in [0.5, 0.6) is 0 Å². The van der Waals surface area contributed by atoms with Gasteiger partial charge in [-0.3, -0.25) is 4.40 Å². The van der Waals surface area contributed by atoms with Gasteiger partial charge in [-0.05, 0) is 30.5 Å². The first kappa shape index (κ1) is 8.20. The summed E-state index contributed by atoms with van der Waals surface area (Å²) in [4.78, 5) is 0. The van der Waals surface area contributed by atoms with E-state index in [9.17, 15) is 0 Å². The molecule has 0 bridgehead atoms. The lowest BCUT2D eigenvalue weighted by Gasteiger charge is -2.09. The van der Waals surface area contributed by atoms with Gasteiger partial charge >= 0.3 is 0 Å². The van der Waals surface area contributed by atoms with Crippen molar-refractivity contribution in [2.45, 2.75) is 18.4 Å². The summed E-state index contributed by atoms with van der Waals surface area (Å²) in [6.07, 6.45) is 3.86. The third-order valence-electron chi connectivity index (χ3n) is 2.72. The van der Waals surface area contributed by atoms with Crippen LogP contribution in [0.4, 0.5) is 0 Å².